The summed E-state index contributed by atoms with van der Waals surface area (Å²) in [6.45, 7) is 2.26. The summed E-state index contributed by atoms with van der Waals surface area (Å²) in [5.41, 5.74) is 1.85. The maximum atomic E-state index is 12.4. The van der Waals surface area contributed by atoms with Crippen LogP contribution in [0, 0.1) is 0 Å². The minimum absolute atomic E-state index is 0.00823. The molecule has 0 saturated carbocycles. The van der Waals surface area contributed by atoms with E-state index < -0.39 is 0 Å². The van der Waals surface area contributed by atoms with Gasteiger partial charge in [-0.3, -0.25) is 4.79 Å². The number of rotatable bonds is 5. The highest BCUT2D eigenvalue weighted by Gasteiger charge is 2.18. The molecule has 1 amide bonds. The zero-order valence-electron chi connectivity index (χ0n) is 14.0. The second kappa shape index (κ2) is 7.01. The van der Waals surface area contributed by atoms with Crippen molar-refractivity contribution in [1.29, 1.82) is 0 Å². The Balaban J connectivity index is 1.38. The molecule has 0 aliphatic carbocycles. The number of pyridine rings is 1. The summed E-state index contributed by atoms with van der Waals surface area (Å²) in [5, 5.41) is 3.01. The fourth-order valence-corrected chi connectivity index (χ4v) is 3.24. The maximum absolute atomic E-state index is 12.4. The molecule has 0 radical (unpaired) electrons. The molecular formula is C19H21N3O3. The first-order chi connectivity index (χ1) is 12.3. The lowest BCUT2D eigenvalue weighted by Crippen LogP contribution is -2.22. The van der Waals surface area contributed by atoms with Crippen molar-refractivity contribution >= 4 is 17.4 Å². The Kier molecular flexibility index (Phi) is 4.41. The molecule has 130 valence electrons. The fraction of sp³-hybridized carbons (Fsp3) is 0.368. The van der Waals surface area contributed by atoms with Crippen molar-refractivity contribution in [2.24, 2.45) is 0 Å². The maximum Gasteiger partial charge on any atom is 0.231 e. The Morgan fingerprint density at radius 2 is 2.00 bits per heavy atom. The molecule has 0 bridgehead atoms. The number of aryl methyl sites for hydroxylation is 1. The van der Waals surface area contributed by atoms with E-state index in [9.17, 15) is 4.79 Å². The van der Waals surface area contributed by atoms with Crippen molar-refractivity contribution in [3.63, 3.8) is 0 Å². The van der Waals surface area contributed by atoms with E-state index in [4.69, 9.17) is 9.47 Å². The van der Waals surface area contributed by atoms with Crippen LogP contribution in [-0.2, 0) is 11.2 Å². The number of anilines is 2. The summed E-state index contributed by atoms with van der Waals surface area (Å²) in [7, 11) is 0. The molecule has 25 heavy (non-hydrogen) atoms. The first kappa shape index (κ1) is 15.7. The average Bonchev–Trinajstić information content (AvgIpc) is 3.31. The number of hydrogen-bond donors (Lipinski definition) is 1. The number of aromatic nitrogens is 1. The van der Waals surface area contributed by atoms with Gasteiger partial charge >= 0.3 is 0 Å². The minimum atomic E-state index is -0.00823. The smallest absolute Gasteiger partial charge is 0.231 e. The van der Waals surface area contributed by atoms with Crippen molar-refractivity contribution in [1.82, 2.24) is 4.98 Å². The van der Waals surface area contributed by atoms with Crippen LogP contribution in [0.15, 0.2) is 36.5 Å². The van der Waals surface area contributed by atoms with Gasteiger partial charge in [0.05, 0.1) is 5.69 Å². The van der Waals surface area contributed by atoms with E-state index in [1.807, 2.05) is 30.3 Å². The Hall–Kier alpha value is -2.76. The van der Waals surface area contributed by atoms with Crippen LogP contribution in [0.4, 0.5) is 11.5 Å². The van der Waals surface area contributed by atoms with E-state index in [1.54, 1.807) is 6.20 Å². The van der Waals surface area contributed by atoms with E-state index in [1.165, 1.54) is 12.8 Å². The van der Waals surface area contributed by atoms with Crippen LogP contribution in [0.3, 0.4) is 0 Å². The minimum Gasteiger partial charge on any atom is -0.454 e. The lowest BCUT2D eigenvalue weighted by molar-refractivity contribution is -0.116. The van der Waals surface area contributed by atoms with E-state index in [0.717, 1.165) is 41.7 Å². The second-order valence-corrected chi connectivity index (χ2v) is 6.30. The number of benzene rings is 1. The molecule has 2 aliphatic rings. The van der Waals surface area contributed by atoms with E-state index in [-0.39, 0.29) is 12.7 Å². The van der Waals surface area contributed by atoms with Crippen molar-refractivity contribution in [3.8, 4) is 11.5 Å². The van der Waals surface area contributed by atoms with E-state index >= 15 is 0 Å². The molecule has 1 fully saturated rings. The van der Waals surface area contributed by atoms with Crippen molar-refractivity contribution in [3.05, 3.63) is 42.1 Å². The van der Waals surface area contributed by atoms with E-state index in [0.29, 0.717) is 12.8 Å². The topological polar surface area (TPSA) is 63.7 Å². The van der Waals surface area contributed by atoms with Crippen LogP contribution in [0.5, 0.6) is 11.5 Å². The number of carbonyl (C=O) groups is 1. The monoisotopic (exact) mass is 339 g/mol. The molecule has 2 aromatic rings. The number of nitrogens with one attached hydrogen (secondary N) is 1. The van der Waals surface area contributed by atoms with E-state index in [2.05, 4.69) is 15.2 Å². The Morgan fingerprint density at radius 1 is 1.16 bits per heavy atom. The number of nitrogens with zero attached hydrogens (tertiary/aromatic N) is 2. The van der Waals surface area contributed by atoms with Gasteiger partial charge in [0.1, 0.15) is 0 Å². The summed E-state index contributed by atoms with van der Waals surface area (Å²) in [5.74, 6) is 2.38. The lowest BCUT2D eigenvalue weighted by Gasteiger charge is -2.20. The third-order valence-corrected chi connectivity index (χ3v) is 4.54. The van der Waals surface area contributed by atoms with Crippen LogP contribution in [-0.4, -0.2) is 30.8 Å². The summed E-state index contributed by atoms with van der Waals surface area (Å²) in [6.07, 6.45) is 5.19. The molecule has 2 aliphatic heterocycles. The molecule has 0 spiro atoms. The zero-order chi connectivity index (χ0) is 17.1. The Labute approximate surface area is 146 Å². The number of fused-ring (bicyclic) bond motifs is 1. The zero-order valence-corrected chi connectivity index (χ0v) is 14.0. The van der Waals surface area contributed by atoms with Gasteiger partial charge in [-0.15, -0.1) is 0 Å². The Bertz CT molecular complexity index is 772. The largest absolute Gasteiger partial charge is 0.454 e. The number of ether oxygens (including phenoxy) is 2. The van der Waals surface area contributed by atoms with Crippen LogP contribution in [0.2, 0.25) is 0 Å². The van der Waals surface area contributed by atoms with Crippen molar-refractivity contribution in [2.75, 3.05) is 30.1 Å². The normalized spacial score (nSPS) is 15.4. The molecule has 4 rings (SSSR count). The molecular weight excluding hydrogens is 318 g/mol. The van der Waals surface area contributed by atoms with Gasteiger partial charge in [0.2, 0.25) is 12.7 Å². The first-order valence-corrected chi connectivity index (χ1v) is 8.68. The predicted molar refractivity (Wildman–Crippen MR) is 95.2 cm³/mol. The summed E-state index contributed by atoms with van der Waals surface area (Å²) >= 11 is 0. The molecule has 0 atom stereocenters. The van der Waals surface area contributed by atoms with Gasteiger partial charge in [-0.2, -0.15) is 0 Å². The van der Waals surface area contributed by atoms with Gasteiger partial charge in [0.25, 0.3) is 0 Å². The van der Waals surface area contributed by atoms with Gasteiger partial charge in [-0.05, 0) is 49.1 Å². The van der Waals surface area contributed by atoms with Gasteiger partial charge in [-0.1, -0.05) is 6.07 Å². The molecule has 1 aromatic carbocycles. The molecule has 3 heterocycles. The summed E-state index contributed by atoms with van der Waals surface area (Å²) in [4.78, 5) is 19.1. The molecule has 6 nitrogen and oxygen atoms in total. The van der Waals surface area contributed by atoms with Crippen LogP contribution in [0.1, 0.15) is 24.8 Å². The third-order valence-electron chi connectivity index (χ3n) is 4.54. The average molecular weight is 339 g/mol. The fourth-order valence-electron chi connectivity index (χ4n) is 3.24. The second-order valence-electron chi connectivity index (χ2n) is 6.30. The van der Waals surface area contributed by atoms with Gasteiger partial charge in [-0.25, -0.2) is 4.98 Å². The summed E-state index contributed by atoms with van der Waals surface area (Å²) in [6, 6.07) is 9.57. The first-order valence-electron chi connectivity index (χ1n) is 8.68. The van der Waals surface area contributed by atoms with Crippen molar-refractivity contribution in [2.45, 2.75) is 25.7 Å². The highest BCUT2D eigenvalue weighted by atomic mass is 16.7. The number of carbonyl (C=O) groups excluding carboxylic acids is 1. The third kappa shape index (κ3) is 3.52. The van der Waals surface area contributed by atoms with Gasteiger partial charge < -0.3 is 19.7 Å². The molecule has 6 heteroatoms. The quantitative estimate of drug-likeness (QED) is 0.907. The number of hydrogen-bond acceptors (Lipinski definition) is 5. The Morgan fingerprint density at radius 3 is 2.88 bits per heavy atom. The van der Waals surface area contributed by atoms with Crippen LogP contribution in [0.25, 0.3) is 0 Å². The van der Waals surface area contributed by atoms with Gasteiger partial charge in [0, 0.05) is 25.7 Å². The standard InChI is InChI=1S/C19H21N3O3/c23-18(8-6-14-5-7-16-17(12-14)25-13-24-16)21-15-4-3-9-20-19(15)22-10-1-2-11-22/h3-5,7,9,12H,1-2,6,8,10-11,13H2,(H,21,23). The predicted octanol–water partition coefficient (Wildman–Crippen LogP) is 2.98. The van der Waals surface area contributed by atoms with Gasteiger partial charge in [0.15, 0.2) is 17.3 Å². The molecule has 1 aromatic heterocycles. The molecule has 1 N–H and O–H groups in total. The summed E-state index contributed by atoms with van der Waals surface area (Å²) < 4.78 is 10.7. The highest BCUT2D eigenvalue weighted by molar-refractivity contribution is 5.93. The number of amides is 1. The SMILES string of the molecule is O=C(CCc1ccc2c(c1)OCO2)Nc1cccnc1N1CCCC1. The van der Waals surface area contributed by atoms with Crippen molar-refractivity contribution < 1.29 is 14.3 Å². The lowest BCUT2D eigenvalue weighted by atomic mass is 10.1. The molecule has 0 unspecified atom stereocenters. The van der Waals surface area contributed by atoms with Crippen LogP contribution < -0.4 is 19.7 Å². The highest BCUT2D eigenvalue weighted by Crippen LogP contribution is 2.33. The molecule has 1 saturated heterocycles. The van der Waals surface area contributed by atoms with Crippen LogP contribution >= 0.6 is 0 Å².